The van der Waals surface area contributed by atoms with Gasteiger partial charge in [0.1, 0.15) is 18.1 Å². The van der Waals surface area contributed by atoms with Crippen molar-refractivity contribution in [1.82, 2.24) is 30.7 Å². The van der Waals surface area contributed by atoms with Crippen molar-refractivity contribution in [2.24, 2.45) is 0 Å². The van der Waals surface area contributed by atoms with Crippen LogP contribution < -0.4 is 20.9 Å². The third kappa shape index (κ3) is 8.22. The molecule has 0 saturated carbocycles. The zero-order valence-corrected chi connectivity index (χ0v) is 29.1. The van der Waals surface area contributed by atoms with Gasteiger partial charge in [0.25, 0.3) is 5.91 Å². The van der Waals surface area contributed by atoms with Gasteiger partial charge < -0.3 is 35.6 Å². The molecule has 2 aliphatic heterocycles. The molecule has 5 amide bonds. The second-order valence-electron chi connectivity index (χ2n) is 13.3. The van der Waals surface area contributed by atoms with Gasteiger partial charge in [-0.25, -0.2) is 0 Å². The van der Waals surface area contributed by atoms with Crippen molar-refractivity contribution < 1.29 is 24.0 Å². The van der Waals surface area contributed by atoms with Crippen LogP contribution in [-0.2, 0) is 32.0 Å². The summed E-state index contributed by atoms with van der Waals surface area (Å²) in [5, 5.41) is 9.54. The largest absolute Gasteiger partial charge is 0.371 e. The first-order chi connectivity index (χ1) is 24.7. The van der Waals surface area contributed by atoms with E-state index in [0.717, 1.165) is 53.6 Å². The van der Waals surface area contributed by atoms with Crippen molar-refractivity contribution in [2.45, 2.75) is 50.7 Å². The molecule has 4 aromatic rings. The zero-order valence-electron chi connectivity index (χ0n) is 29.1. The lowest BCUT2D eigenvalue weighted by Gasteiger charge is -2.30. The quantitative estimate of drug-likeness (QED) is 0.245. The van der Waals surface area contributed by atoms with E-state index in [0.29, 0.717) is 5.56 Å². The summed E-state index contributed by atoms with van der Waals surface area (Å²) in [6, 6.07) is 21.4. The highest BCUT2D eigenvalue weighted by Gasteiger charge is 2.34. The molecular weight excluding hydrogens is 646 g/mol. The molecule has 2 fully saturated rings. The third-order valence-corrected chi connectivity index (χ3v) is 9.84. The minimum Gasteiger partial charge on any atom is -0.371 e. The number of amides is 5. The molecule has 12 heteroatoms. The van der Waals surface area contributed by atoms with Crippen LogP contribution in [0.25, 0.3) is 10.9 Å². The highest BCUT2D eigenvalue weighted by molar-refractivity contribution is 6.02. The summed E-state index contributed by atoms with van der Waals surface area (Å²) >= 11 is 0. The van der Waals surface area contributed by atoms with Gasteiger partial charge in [-0.15, -0.1) is 0 Å². The van der Waals surface area contributed by atoms with E-state index in [1.807, 2.05) is 72.9 Å². The predicted molar refractivity (Wildman–Crippen MR) is 195 cm³/mol. The lowest BCUT2D eigenvalue weighted by Crippen LogP contribution is -2.57. The Morgan fingerprint density at radius 2 is 1.49 bits per heavy atom. The van der Waals surface area contributed by atoms with Gasteiger partial charge in [-0.05, 0) is 49.1 Å². The van der Waals surface area contributed by atoms with Crippen molar-refractivity contribution in [3.63, 3.8) is 0 Å². The Morgan fingerprint density at radius 3 is 2.27 bits per heavy atom. The van der Waals surface area contributed by atoms with Crippen LogP contribution >= 0.6 is 0 Å². The predicted octanol–water partition coefficient (Wildman–Crippen LogP) is 2.64. The number of H-pyrrole nitrogens is 1. The first kappa shape index (κ1) is 35.2. The Kier molecular flexibility index (Phi) is 11.0. The second-order valence-corrected chi connectivity index (χ2v) is 13.3. The van der Waals surface area contributed by atoms with Crippen LogP contribution in [0.4, 0.5) is 5.69 Å². The third-order valence-electron chi connectivity index (χ3n) is 9.84. The maximum atomic E-state index is 14.3. The van der Waals surface area contributed by atoms with Crippen LogP contribution in [0, 0.1) is 0 Å². The fourth-order valence-corrected chi connectivity index (χ4v) is 6.85. The van der Waals surface area contributed by atoms with Gasteiger partial charge in [0.05, 0.1) is 12.1 Å². The number of nitrogens with zero attached hydrogens (tertiary/aromatic N) is 3. The van der Waals surface area contributed by atoms with Crippen LogP contribution in [0.15, 0.2) is 85.1 Å². The number of likely N-dealkylation sites (N-methyl/N-ethyl adjacent to an activating group) is 1. The number of hydrogen-bond acceptors (Lipinski definition) is 6. The van der Waals surface area contributed by atoms with Crippen molar-refractivity contribution in [1.29, 1.82) is 0 Å². The minimum absolute atomic E-state index is 0.0235. The first-order valence-corrected chi connectivity index (χ1v) is 17.6. The number of nitrogens with one attached hydrogen (secondary N) is 4. The highest BCUT2D eigenvalue weighted by Crippen LogP contribution is 2.26. The normalized spacial score (nSPS) is 21.1. The molecule has 0 bridgehead atoms. The number of para-hydroxylation sites is 2. The molecule has 3 atom stereocenters. The maximum absolute atomic E-state index is 14.3. The average molecular weight is 692 g/mol. The zero-order chi connectivity index (χ0) is 35.9. The number of benzene rings is 3. The summed E-state index contributed by atoms with van der Waals surface area (Å²) < 4.78 is 0. The van der Waals surface area contributed by atoms with Crippen molar-refractivity contribution >= 4 is 46.1 Å². The maximum Gasteiger partial charge on any atom is 0.256 e. The van der Waals surface area contributed by atoms with Crippen LogP contribution in [-0.4, -0.2) is 102 Å². The number of rotatable bonds is 6. The molecule has 2 saturated heterocycles. The number of aromatic amines is 1. The van der Waals surface area contributed by atoms with Gasteiger partial charge >= 0.3 is 0 Å². The van der Waals surface area contributed by atoms with E-state index in [9.17, 15) is 24.0 Å². The fraction of sp³-hybridized carbons (Fsp3) is 0.359. The highest BCUT2D eigenvalue weighted by atomic mass is 16.2. The van der Waals surface area contributed by atoms with Crippen LogP contribution in [0.1, 0.15) is 41.3 Å². The second kappa shape index (κ2) is 15.9. The smallest absolute Gasteiger partial charge is 0.256 e. The molecule has 4 N–H and O–H groups in total. The molecule has 6 rings (SSSR count). The van der Waals surface area contributed by atoms with Gasteiger partial charge in [-0.3, -0.25) is 24.0 Å². The van der Waals surface area contributed by atoms with Crippen molar-refractivity contribution in [3.8, 4) is 0 Å². The summed E-state index contributed by atoms with van der Waals surface area (Å²) in [5.41, 5.74) is 3.81. The summed E-state index contributed by atoms with van der Waals surface area (Å²) in [6.07, 6.45) is 4.24. The van der Waals surface area contributed by atoms with Gasteiger partial charge in [0, 0.05) is 68.9 Å². The van der Waals surface area contributed by atoms with E-state index in [1.54, 1.807) is 19.1 Å². The number of carbonyl (C=O) groups is 5. The van der Waals surface area contributed by atoms with E-state index in [-0.39, 0.29) is 38.4 Å². The number of fused-ring (bicyclic) bond motifs is 1. The first-order valence-electron chi connectivity index (χ1n) is 17.6. The fourth-order valence-electron chi connectivity index (χ4n) is 6.85. The van der Waals surface area contributed by atoms with Gasteiger partial charge in [0.15, 0.2) is 0 Å². The Balaban J connectivity index is 1.33. The molecule has 0 aliphatic carbocycles. The Morgan fingerprint density at radius 1 is 0.784 bits per heavy atom. The Bertz CT molecular complexity index is 1890. The minimum atomic E-state index is -1.05. The van der Waals surface area contributed by atoms with E-state index in [2.05, 4.69) is 25.8 Å². The van der Waals surface area contributed by atoms with Crippen molar-refractivity contribution in [2.75, 3.05) is 44.7 Å². The van der Waals surface area contributed by atoms with E-state index >= 15 is 0 Å². The number of aromatic nitrogens is 1. The number of carbonyl (C=O) groups excluding carboxylic acids is 5. The van der Waals surface area contributed by atoms with Crippen LogP contribution in [0.5, 0.6) is 0 Å². The molecule has 1 aromatic heterocycles. The Hall–Kier alpha value is -5.65. The van der Waals surface area contributed by atoms with E-state index in [4.69, 9.17) is 0 Å². The number of anilines is 1. The topological polar surface area (TPSA) is 147 Å². The molecule has 266 valence electrons. The summed E-state index contributed by atoms with van der Waals surface area (Å²) in [6.45, 7) is 2.97. The summed E-state index contributed by atoms with van der Waals surface area (Å²) in [4.78, 5) is 77.6. The average Bonchev–Trinajstić information content (AvgIpc) is 3.84. The van der Waals surface area contributed by atoms with Crippen LogP contribution in [0.2, 0.25) is 0 Å². The van der Waals surface area contributed by atoms with Gasteiger partial charge in [-0.1, -0.05) is 60.7 Å². The molecule has 12 nitrogen and oxygen atoms in total. The summed E-state index contributed by atoms with van der Waals surface area (Å²) in [5.74, 6) is -2.31. The van der Waals surface area contributed by atoms with E-state index < -0.39 is 41.8 Å². The molecule has 51 heavy (non-hydrogen) atoms. The molecule has 0 radical (unpaired) electrons. The van der Waals surface area contributed by atoms with E-state index in [1.165, 1.54) is 16.8 Å². The number of hydrogen-bond donors (Lipinski definition) is 4. The summed E-state index contributed by atoms with van der Waals surface area (Å²) in [7, 11) is 1.51. The van der Waals surface area contributed by atoms with Gasteiger partial charge in [0.2, 0.25) is 23.6 Å². The molecule has 0 unspecified atom stereocenters. The molecular formula is C39H45N7O5. The molecule has 3 heterocycles. The monoisotopic (exact) mass is 691 g/mol. The lowest BCUT2D eigenvalue weighted by atomic mass is 10.0. The molecule has 3 aromatic carbocycles. The molecule has 0 spiro atoms. The van der Waals surface area contributed by atoms with Gasteiger partial charge in [-0.2, -0.15) is 0 Å². The Labute approximate surface area is 297 Å². The van der Waals surface area contributed by atoms with Crippen molar-refractivity contribution in [3.05, 3.63) is 102 Å². The lowest BCUT2D eigenvalue weighted by molar-refractivity contribution is -0.142. The van der Waals surface area contributed by atoms with Crippen LogP contribution in [0.3, 0.4) is 0 Å². The standard InChI is InChI=1S/C39H45N7O5/c1-26-36(48)43-32(22-27-12-4-3-5-13-27)37(49)40-18-21-46(38(50)30-15-7-9-17-34(30)45-19-10-11-20-45)25-35(47)42-33(39(51)44(26)2)23-28-24-41-31-16-8-6-14-29(28)31/h3-9,12-17,24,26,32-33,41H,10-11,18-23,25H2,1-2H3,(H,40,49)(H,42,47)(H,43,48)/t26-,32-,33-/m0/s1. The molecule has 2 aliphatic rings. The SMILES string of the molecule is C[C@H]1C(=O)N[C@@H](Cc2ccccc2)C(=O)NCCN(C(=O)c2ccccc2N2CCCC2)CC(=O)N[C@@H](Cc2c[nH]c3ccccc23)C(=O)N1C.